The van der Waals surface area contributed by atoms with Crippen LogP contribution in [0.4, 0.5) is 5.69 Å². The Morgan fingerprint density at radius 2 is 1.81 bits per heavy atom. The van der Waals surface area contributed by atoms with E-state index in [2.05, 4.69) is 22.8 Å². The van der Waals surface area contributed by atoms with Gasteiger partial charge in [-0.2, -0.15) is 0 Å². The molecule has 1 fully saturated rings. The quantitative estimate of drug-likeness (QED) is 0.833. The fourth-order valence-corrected chi connectivity index (χ4v) is 3.76. The van der Waals surface area contributed by atoms with Crippen molar-refractivity contribution in [1.29, 1.82) is 0 Å². The van der Waals surface area contributed by atoms with Gasteiger partial charge < -0.3 is 10.6 Å². The van der Waals surface area contributed by atoms with Crippen molar-refractivity contribution in [3.63, 3.8) is 0 Å². The molecule has 1 saturated carbocycles. The highest BCUT2D eigenvalue weighted by Crippen LogP contribution is 2.41. The van der Waals surface area contributed by atoms with Crippen LogP contribution in [0, 0.1) is 11.8 Å². The molecule has 134 valence electrons. The Morgan fingerprint density at radius 1 is 1.08 bits per heavy atom. The lowest BCUT2D eigenvalue weighted by atomic mass is 9.89. The number of amides is 2. The first-order valence-corrected chi connectivity index (χ1v) is 9.44. The summed E-state index contributed by atoms with van der Waals surface area (Å²) in [6.07, 6.45) is 4.01. The highest BCUT2D eigenvalue weighted by atomic mass is 16.2. The Bertz CT molecular complexity index is 799. The molecule has 2 amide bonds. The van der Waals surface area contributed by atoms with Gasteiger partial charge in [-0.25, -0.2) is 0 Å². The zero-order valence-electron chi connectivity index (χ0n) is 14.8. The van der Waals surface area contributed by atoms with E-state index in [9.17, 15) is 9.59 Å². The molecule has 0 spiro atoms. The number of hydrogen-bond acceptors (Lipinski definition) is 2. The summed E-state index contributed by atoms with van der Waals surface area (Å²) < 4.78 is 0. The van der Waals surface area contributed by atoms with Crippen molar-refractivity contribution >= 4 is 17.5 Å². The first kappa shape index (κ1) is 16.8. The van der Waals surface area contributed by atoms with E-state index in [4.69, 9.17) is 0 Å². The molecule has 2 N–H and O–H groups in total. The van der Waals surface area contributed by atoms with Gasteiger partial charge in [0.2, 0.25) is 11.8 Å². The van der Waals surface area contributed by atoms with Gasteiger partial charge in [0, 0.05) is 18.0 Å². The second-order valence-electron chi connectivity index (χ2n) is 7.38. The van der Waals surface area contributed by atoms with Gasteiger partial charge in [0.1, 0.15) is 0 Å². The fraction of sp³-hybridized carbons (Fsp3) is 0.364. The van der Waals surface area contributed by atoms with Crippen molar-refractivity contribution in [3.8, 4) is 0 Å². The number of rotatable bonds is 6. The molecule has 0 bridgehead atoms. The molecule has 4 rings (SSSR count). The number of carbonyl (C=O) groups excluding carboxylic acids is 2. The van der Waals surface area contributed by atoms with E-state index in [0.29, 0.717) is 25.2 Å². The third kappa shape index (κ3) is 3.79. The van der Waals surface area contributed by atoms with Gasteiger partial charge in [-0.05, 0) is 48.8 Å². The van der Waals surface area contributed by atoms with E-state index >= 15 is 0 Å². The van der Waals surface area contributed by atoms with Gasteiger partial charge in [0.15, 0.2) is 0 Å². The number of para-hydroxylation sites is 1. The molecule has 1 heterocycles. The van der Waals surface area contributed by atoms with Crippen LogP contribution in [0.5, 0.6) is 0 Å². The summed E-state index contributed by atoms with van der Waals surface area (Å²) >= 11 is 0. The molecule has 0 aromatic heterocycles. The van der Waals surface area contributed by atoms with Gasteiger partial charge in [0.25, 0.3) is 0 Å². The molecule has 1 aliphatic heterocycles. The van der Waals surface area contributed by atoms with E-state index in [-0.39, 0.29) is 23.8 Å². The Morgan fingerprint density at radius 3 is 2.58 bits per heavy atom. The van der Waals surface area contributed by atoms with Gasteiger partial charge in [-0.3, -0.25) is 9.59 Å². The lowest BCUT2D eigenvalue weighted by Crippen LogP contribution is -2.33. The molecule has 4 nitrogen and oxygen atoms in total. The molecule has 0 radical (unpaired) electrons. The minimum absolute atomic E-state index is 0.0262. The van der Waals surface area contributed by atoms with Crippen LogP contribution >= 0.6 is 0 Å². The number of benzene rings is 2. The summed E-state index contributed by atoms with van der Waals surface area (Å²) in [4.78, 5) is 24.8. The van der Waals surface area contributed by atoms with Crippen molar-refractivity contribution < 1.29 is 9.59 Å². The monoisotopic (exact) mass is 348 g/mol. The molecular formula is C22H24N2O2. The van der Waals surface area contributed by atoms with Crippen LogP contribution in [0.25, 0.3) is 0 Å². The van der Waals surface area contributed by atoms with E-state index in [1.807, 2.05) is 42.5 Å². The number of nitrogens with one attached hydrogen (secondary N) is 2. The highest BCUT2D eigenvalue weighted by Gasteiger charge is 2.33. The second kappa shape index (κ2) is 7.32. The lowest BCUT2D eigenvalue weighted by Gasteiger charge is -2.25. The first-order valence-electron chi connectivity index (χ1n) is 9.44. The van der Waals surface area contributed by atoms with Gasteiger partial charge in [-0.15, -0.1) is 0 Å². The van der Waals surface area contributed by atoms with Crippen molar-refractivity contribution in [3.05, 3.63) is 65.7 Å². The summed E-state index contributed by atoms with van der Waals surface area (Å²) in [7, 11) is 0. The van der Waals surface area contributed by atoms with E-state index in [1.54, 1.807) is 0 Å². The van der Waals surface area contributed by atoms with Gasteiger partial charge in [-0.1, -0.05) is 48.5 Å². The Hall–Kier alpha value is -2.62. The topological polar surface area (TPSA) is 58.2 Å². The summed E-state index contributed by atoms with van der Waals surface area (Å²) in [6, 6.07) is 18.2. The summed E-state index contributed by atoms with van der Waals surface area (Å²) in [6.45, 7) is 0. The summed E-state index contributed by atoms with van der Waals surface area (Å²) in [5, 5.41) is 6.16. The van der Waals surface area contributed by atoms with Gasteiger partial charge >= 0.3 is 0 Å². The lowest BCUT2D eigenvalue weighted by molar-refractivity contribution is -0.123. The maximum absolute atomic E-state index is 12.5. The van der Waals surface area contributed by atoms with Crippen LogP contribution in [0.1, 0.15) is 42.9 Å². The first-order chi connectivity index (χ1) is 12.7. The summed E-state index contributed by atoms with van der Waals surface area (Å²) in [5.74, 6) is 0.480. The van der Waals surface area contributed by atoms with Crippen LogP contribution in [-0.4, -0.2) is 11.8 Å². The molecule has 4 heteroatoms. The number of hydrogen-bond donors (Lipinski definition) is 2. The zero-order chi connectivity index (χ0) is 17.9. The molecule has 1 aliphatic carbocycles. The van der Waals surface area contributed by atoms with Crippen LogP contribution in [0.3, 0.4) is 0 Å². The van der Waals surface area contributed by atoms with Crippen molar-refractivity contribution in [1.82, 2.24) is 5.32 Å². The largest absolute Gasteiger partial charge is 0.349 e. The van der Waals surface area contributed by atoms with E-state index in [1.165, 1.54) is 18.4 Å². The number of anilines is 1. The average Bonchev–Trinajstić information content (AvgIpc) is 3.50. The van der Waals surface area contributed by atoms with Crippen molar-refractivity contribution in [2.24, 2.45) is 11.8 Å². The third-order valence-electron chi connectivity index (χ3n) is 5.40. The number of fused-ring (bicyclic) bond motifs is 1. The van der Waals surface area contributed by atoms with Crippen LogP contribution in [0.2, 0.25) is 0 Å². The molecule has 0 saturated heterocycles. The Labute approximate surface area is 154 Å². The SMILES string of the molecule is O=C(CCC1Cc2ccccc2NC1=O)NC(c1ccccc1)C1CC1. The maximum Gasteiger partial charge on any atom is 0.227 e. The highest BCUT2D eigenvalue weighted by molar-refractivity contribution is 5.96. The molecule has 26 heavy (non-hydrogen) atoms. The standard InChI is InChI=1S/C22H24N2O2/c25-20(24-21(16-10-11-16)15-6-2-1-3-7-15)13-12-18-14-17-8-4-5-9-19(17)23-22(18)26/h1-9,16,18,21H,10-14H2,(H,23,26)(H,24,25). The molecule has 2 atom stereocenters. The average molecular weight is 348 g/mol. The normalized spacial score (nSPS) is 20.0. The molecule has 2 aromatic rings. The molecular weight excluding hydrogens is 324 g/mol. The van der Waals surface area contributed by atoms with Crippen molar-refractivity contribution in [2.45, 2.75) is 38.1 Å². The molecule has 2 aliphatic rings. The molecule has 2 unspecified atom stereocenters. The number of carbonyl (C=O) groups is 2. The zero-order valence-corrected chi connectivity index (χ0v) is 14.8. The van der Waals surface area contributed by atoms with E-state index < -0.39 is 0 Å². The minimum atomic E-state index is -0.133. The van der Waals surface area contributed by atoms with Gasteiger partial charge in [0.05, 0.1) is 6.04 Å². The third-order valence-corrected chi connectivity index (χ3v) is 5.40. The Balaban J connectivity index is 1.34. The minimum Gasteiger partial charge on any atom is -0.349 e. The van der Waals surface area contributed by atoms with Crippen molar-refractivity contribution in [2.75, 3.05) is 5.32 Å². The second-order valence-corrected chi connectivity index (χ2v) is 7.38. The van der Waals surface area contributed by atoms with Crippen LogP contribution in [-0.2, 0) is 16.0 Å². The summed E-state index contributed by atoms with van der Waals surface area (Å²) in [5.41, 5.74) is 3.22. The van der Waals surface area contributed by atoms with Crippen LogP contribution in [0.15, 0.2) is 54.6 Å². The predicted octanol–water partition coefficient (Wildman–Crippen LogP) is 3.85. The predicted molar refractivity (Wildman–Crippen MR) is 102 cm³/mol. The fourth-order valence-electron chi connectivity index (χ4n) is 3.76. The smallest absolute Gasteiger partial charge is 0.227 e. The van der Waals surface area contributed by atoms with Crippen LogP contribution < -0.4 is 10.6 Å². The van der Waals surface area contributed by atoms with E-state index in [0.717, 1.165) is 11.3 Å². The molecule has 2 aromatic carbocycles. The maximum atomic E-state index is 12.5. The Kier molecular flexibility index (Phi) is 4.74.